The summed E-state index contributed by atoms with van der Waals surface area (Å²) in [7, 11) is 2.08. The topological polar surface area (TPSA) is 32.7 Å². The third-order valence-corrected chi connectivity index (χ3v) is 5.12. The van der Waals surface area contributed by atoms with Crippen LogP contribution in [0.3, 0.4) is 0 Å². The predicted octanol–water partition coefficient (Wildman–Crippen LogP) is 4.04. The Bertz CT molecular complexity index is 677. The quantitative estimate of drug-likeness (QED) is 0.792. The predicted molar refractivity (Wildman–Crippen MR) is 109 cm³/mol. The highest BCUT2D eigenvalue weighted by Gasteiger charge is 2.27. The van der Waals surface area contributed by atoms with Crippen LogP contribution in [0.4, 0.5) is 0 Å². The molecule has 2 aromatic carbocycles. The largest absolute Gasteiger partial charge is 0.493 e. The van der Waals surface area contributed by atoms with E-state index in [1.54, 1.807) is 0 Å². The van der Waals surface area contributed by atoms with Gasteiger partial charge < -0.3 is 14.7 Å². The molecule has 2 atom stereocenters. The summed E-state index contributed by atoms with van der Waals surface area (Å²) < 4.78 is 6.14. The molecule has 2 aromatic rings. The fraction of sp³-hybridized carbons (Fsp3) is 0.455. The average molecular weight is 376 g/mol. The van der Waals surface area contributed by atoms with Gasteiger partial charge in [-0.25, -0.2) is 0 Å². The summed E-state index contributed by atoms with van der Waals surface area (Å²) >= 11 is 0. The molecule has 4 heteroatoms. The molecule has 0 radical (unpaired) electrons. The first-order chi connectivity index (χ1) is 12.1. The number of likely N-dealkylation sites (tertiary alicyclic amines) is 1. The Morgan fingerprint density at radius 1 is 1.12 bits per heavy atom. The van der Waals surface area contributed by atoms with Gasteiger partial charge in [-0.15, -0.1) is 12.4 Å². The molecule has 26 heavy (non-hydrogen) atoms. The van der Waals surface area contributed by atoms with Crippen molar-refractivity contribution in [3.63, 3.8) is 0 Å². The number of hydrogen-bond acceptors (Lipinski definition) is 3. The molecule has 1 aliphatic heterocycles. The molecule has 1 aliphatic rings. The Morgan fingerprint density at radius 3 is 2.58 bits per heavy atom. The van der Waals surface area contributed by atoms with Crippen molar-refractivity contribution in [3.8, 4) is 5.75 Å². The Kier molecular flexibility index (Phi) is 7.95. The first kappa shape index (κ1) is 20.8. The molecule has 0 spiro atoms. The maximum atomic E-state index is 9.76. The molecule has 0 saturated carbocycles. The number of nitrogens with zero attached hydrogens (tertiary/aromatic N) is 1. The lowest BCUT2D eigenvalue weighted by atomic mass is 10.0. The summed E-state index contributed by atoms with van der Waals surface area (Å²) in [6.45, 7) is 3.58. The number of aliphatic hydroxyl groups excluding tert-OH is 1. The van der Waals surface area contributed by atoms with Crippen LogP contribution in [0.25, 0.3) is 0 Å². The zero-order valence-corrected chi connectivity index (χ0v) is 16.5. The third kappa shape index (κ3) is 5.73. The van der Waals surface area contributed by atoms with E-state index in [4.69, 9.17) is 4.74 Å². The highest BCUT2D eigenvalue weighted by molar-refractivity contribution is 5.85. The van der Waals surface area contributed by atoms with Gasteiger partial charge in [0.2, 0.25) is 0 Å². The van der Waals surface area contributed by atoms with Crippen LogP contribution in [-0.4, -0.2) is 42.4 Å². The zero-order chi connectivity index (χ0) is 17.6. The smallest absolute Gasteiger partial charge is 0.122 e. The first-order valence-corrected chi connectivity index (χ1v) is 9.26. The van der Waals surface area contributed by atoms with Gasteiger partial charge in [0.15, 0.2) is 0 Å². The normalized spacial score (nSPS) is 20.0. The number of halogens is 1. The lowest BCUT2D eigenvalue weighted by Crippen LogP contribution is -2.26. The second kappa shape index (κ2) is 9.96. The van der Waals surface area contributed by atoms with Gasteiger partial charge >= 0.3 is 0 Å². The number of ether oxygens (including phenoxy) is 1. The number of hydrogen-bond donors (Lipinski definition) is 1. The van der Waals surface area contributed by atoms with E-state index in [9.17, 15) is 5.11 Å². The van der Waals surface area contributed by atoms with Crippen molar-refractivity contribution in [1.82, 2.24) is 4.90 Å². The Hall–Kier alpha value is -1.55. The lowest BCUT2D eigenvalue weighted by molar-refractivity contribution is 0.182. The number of β-amino-alcohol motifs (C(OH)–C–C–N with tert-alkyl or cyclic N) is 1. The minimum atomic E-state index is -0.185. The maximum Gasteiger partial charge on any atom is 0.122 e. The van der Waals surface area contributed by atoms with E-state index in [0.717, 1.165) is 38.0 Å². The van der Waals surface area contributed by atoms with Crippen molar-refractivity contribution < 1.29 is 9.84 Å². The monoisotopic (exact) mass is 375 g/mol. The molecule has 3 nitrogen and oxygen atoms in total. The Balaban J connectivity index is 0.00000243. The van der Waals surface area contributed by atoms with Crippen molar-refractivity contribution in [2.45, 2.75) is 44.8 Å². The highest BCUT2D eigenvalue weighted by atomic mass is 35.5. The number of likely N-dealkylation sites (N-methyl/N-ethyl adjacent to an activating group) is 1. The second-order valence-corrected chi connectivity index (χ2v) is 7.22. The molecule has 1 fully saturated rings. The van der Waals surface area contributed by atoms with Crippen molar-refractivity contribution in [2.75, 3.05) is 20.2 Å². The summed E-state index contributed by atoms with van der Waals surface area (Å²) in [6.07, 6.45) is 3.64. The van der Waals surface area contributed by atoms with E-state index >= 15 is 0 Å². The van der Waals surface area contributed by atoms with Crippen molar-refractivity contribution >= 4 is 12.4 Å². The summed E-state index contributed by atoms with van der Waals surface area (Å²) in [4.78, 5) is 2.24. The van der Waals surface area contributed by atoms with E-state index in [0.29, 0.717) is 12.6 Å². The second-order valence-electron chi connectivity index (χ2n) is 7.22. The van der Waals surface area contributed by atoms with E-state index in [2.05, 4.69) is 67.4 Å². The van der Waals surface area contributed by atoms with Crippen molar-refractivity contribution in [2.24, 2.45) is 0 Å². The number of aliphatic hydroxyl groups is 1. The number of benzene rings is 2. The first-order valence-electron chi connectivity index (χ1n) is 9.26. The molecular weight excluding hydrogens is 346 g/mol. The van der Waals surface area contributed by atoms with Crippen LogP contribution in [-0.2, 0) is 12.8 Å². The van der Waals surface area contributed by atoms with Gasteiger partial charge in [-0.05, 0) is 62.4 Å². The molecule has 3 rings (SSSR count). The van der Waals surface area contributed by atoms with Crippen molar-refractivity contribution in [1.29, 1.82) is 0 Å². The van der Waals surface area contributed by atoms with Crippen LogP contribution < -0.4 is 4.74 Å². The Labute approximate surface area is 163 Å². The molecule has 0 aliphatic carbocycles. The molecule has 1 saturated heterocycles. The average Bonchev–Trinajstić information content (AvgIpc) is 2.92. The van der Waals surface area contributed by atoms with Crippen LogP contribution in [0.15, 0.2) is 48.5 Å². The van der Waals surface area contributed by atoms with Crippen LogP contribution in [0.1, 0.15) is 29.5 Å². The zero-order valence-electron chi connectivity index (χ0n) is 15.7. The summed E-state index contributed by atoms with van der Waals surface area (Å²) in [5.74, 6) is 1.01. The molecule has 0 bridgehead atoms. The van der Waals surface area contributed by atoms with Crippen molar-refractivity contribution in [3.05, 3.63) is 65.2 Å². The van der Waals surface area contributed by atoms with Gasteiger partial charge in [0, 0.05) is 12.6 Å². The van der Waals surface area contributed by atoms with Gasteiger partial charge in [0.25, 0.3) is 0 Å². The minimum Gasteiger partial charge on any atom is -0.493 e. The molecule has 0 aromatic heterocycles. The van der Waals surface area contributed by atoms with E-state index in [1.165, 1.54) is 16.7 Å². The summed E-state index contributed by atoms with van der Waals surface area (Å²) in [6, 6.07) is 17.5. The van der Waals surface area contributed by atoms with Gasteiger partial charge in [-0.1, -0.05) is 42.5 Å². The summed E-state index contributed by atoms with van der Waals surface area (Å²) in [5, 5.41) is 9.76. The maximum absolute atomic E-state index is 9.76. The van der Waals surface area contributed by atoms with Gasteiger partial charge in [-0.2, -0.15) is 0 Å². The van der Waals surface area contributed by atoms with Gasteiger partial charge in [-0.3, -0.25) is 0 Å². The van der Waals surface area contributed by atoms with E-state index in [1.807, 2.05) is 0 Å². The molecule has 142 valence electrons. The highest BCUT2D eigenvalue weighted by Crippen LogP contribution is 2.24. The number of aryl methyl sites for hydroxylation is 3. The molecule has 0 unspecified atom stereocenters. The lowest BCUT2D eigenvalue weighted by Gasteiger charge is -2.19. The summed E-state index contributed by atoms with van der Waals surface area (Å²) in [5.41, 5.74) is 3.86. The van der Waals surface area contributed by atoms with Crippen LogP contribution >= 0.6 is 12.4 Å². The molecule has 0 amide bonds. The van der Waals surface area contributed by atoms with Crippen LogP contribution in [0, 0.1) is 6.92 Å². The van der Waals surface area contributed by atoms with E-state index < -0.39 is 0 Å². The molecular formula is C22H30ClNO2. The third-order valence-electron chi connectivity index (χ3n) is 5.12. The standard InChI is InChI=1S/C22H29NO2.ClH/c1-17-8-10-19(11-9-18-6-4-3-5-7-18)22(14-17)25-13-12-20-15-21(24)16-23(20)2;/h3-8,10,14,20-21,24H,9,11-13,15-16H2,1-2H3;1H/t20-,21-;/m1./s1. The number of rotatable bonds is 7. The fourth-order valence-corrected chi connectivity index (χ4v) is 3.62. The van der Waals surface area contributed by atoms with E-state index in [-0.39, 0.29) is 18.5 Å². The molecule has 1 N–H and O–H groups in total. The van der Waals surface area contributed by atoms with Crippen LogP contribution in [0.5, 0.6) is 5.75 Å². The van der Waals surface area contributed by atoms with Gasteiger partial charge in [0.1, 0.15) is 5.75 Å². The SMILES string of the molecule is Cc1ccc(CCc2ccccc2)c(OCC[C@@H]2C[C@@H](O)CN2C)c1.Cl. The fourth-order valence-electron chi connectivity index (χ4n) is 3.62. The molecule has 1 heterocycles. The minimum absolute atomic E-state index is 0. The Morgan fingerprint density at radius 2 is 1.88 bits per heavy atom. The van der Waals surface area contributed by atoms with Crippen LogP contribution in [0.2, 0.25) is 0 Å². The van der Waals surface area contributed by atoms with Gasteiger partial charge in [0.05, 0.1) is 12.7 Å².